The number of hydrogen-bond donors (Lipinski definition) is 1. The zero-order valence-electron chi connectivity index (χ0n) is 14.7. The van der Waals surface area contributed by atoms with Crippen LogP contribution in [-0.4, -0.2) is 25.7 Å². The lowest BCUT2D eigenvalue weighted by molar-refractivity contribution is -0.122. The highest BCUT2D eigenvalue weighted by Crippen LogP contribution is 2.21. The number of carbonyl (C=O) groups excluding carboxylic acids is 1. The van der Waals surface area contributed by atoms with Crippen molar-refractivity contribution in [2.24, 2.45) is 5.92 Å². The van der Waals surface area contributed by atoms with Gasteiger partial charge in [0.2, 0.25) is 5.91 Å². The fourth-order valence-electron chi connectivity index (χ4n) is 2.71. The number of tetrazole rings is 1. The summed E-state index contributed by atoms with van der Waals surface area (Å²) in [6.45, 7) is 4.06. The second-order valence-corrected chi connectivity index (χ2v) is 7.37. The Morgan fingerprint density at radius 2 is 1.92 bits per heavy atom. The third-order valence-corrected chi connectivity index (χ3v) is 4.74. The van der Waals surface area contributed by atoms with Gasteiger partial charge < -0.3 is 5.32 Å². The summed E-state index contributed by atoms with van der Waals surface area (Å²) in [7, 11) is 0. The molecule has 3 aromatic rings. The summed E-state index contributed by atoms with van der Waals surface area (Å²) >= 11 is 1.38. The molecule has 8 heteroatoms. The predicted octanol–water partition coefficient (Wildman–Crippen LogP) is 2.39. The van der Waals surface area contributed by atoms with Crippen LogP contribution >= 0.6 is 11.3 Å². The van der Waals surface area contributed by atoms with Crippen molar-refractivity contribution in [3.05, 3.63) is 63.9 Å². The second kappa shape index (κ2) is 8.09. The zero-order valence-corrected chi connectivity index (χ0v) is 15.5. The van der Waals surface area contributed by atoms with Crippen molar-refractivity contribution in [2.45, 2.75) is 32.9 Å². The van der Waals surface area contributed by atoms with Crippen LogP contribution in [0.3, 0.4) is 0 Å². The first-order valence-electron chi connectivity index (χ1n) is 8.45. The molecule has 0 bridgehead atoms. The van der Waals surface area contributed by atoms with Crippen molar-refractivity contribution in [3.8, 4) is 5.00 Å². The molecule has 2 aromatic heterocycles. The zero-order chi connectivity index (χ0) is 18.5. The molecule has 1 atom stereocenters. The lowest BCUT2D eigenvalue weighted by Crippen LogP contribution is -2.36. The number of carbonyl (C=O) groups is 1. The van der Waals surface area contributed by atoms with E-state index in [4.69, 9.17) is 0 Å². The minimum Gasteiger partial charge on any atom is -0.348 e. The van der Waals surface area contributed by atoms with Crippen molar-refractivity contribution < 1.29 is 4.79 Å². The standard InChI is InChI=1S/C18H21N5O2S/c1-13(2)11-15(14-7-4-3-5-8-14)19-16(24)12-22-18(25)23(21-20-22)17-9-6-10-26-17/h3-10,13,15H,11-12H2,1-2H3,(H,19,24). The number of rotatable bonds is 7. The van der Waals surface area contributed by atoms with E-state index in [1.54, 1.807) is 6.07 Å². The van der Waals surface area contributed by atoms with Crippen molar-refractivity contribution in [2.75, 3.05) is 0 Å². The lowest BCUT2D eigenvalue weighted by Gasteiger charge is -2.21. The molecule has 1 unspecified atom stereocenters. The molecule has 3 rings (SSSR count). The molecule has 0 aliphatic heterocycles. The molecular formula is C18H21N5O2S. The van der Waals surface area contributed by atoms with Gasteiger partial charge in [-0.05, 0) is 45.8 Å². The summed E-state index contributed by atoms with van der Waals surface area (Å²) in [5.41, 5.74) is 0.617. The highest BCUT2D eigenvalue weighted by Gasteiger charge is 2.18. The van der Waals surface area contributed by atoms with Crippen molar-refractivity contribution in [1.29, 1.82) is 0 Å². The largest absolute Gasteiger partial charge is 0.369 e. The Morgan fingerprint density at radius 1 is 1.15 bits per heavy atom. The highest BCUT2D eigenvalue weighted by molar-refractivity contribution is 7.12. The number of amides is 1. The van der Waals surface area contributed by atoms with Crippen molar-refractivity contribution in [1.82, 2.24) is 25.1 Å². The molecule has 7 nitrogen and oxygen atoms in total. The molecule has 0 aliphatic carbocycles. The van der Waals surface area contributed by atoms with Gasteiger partial charge in [-0.3, -0.25) is 4.79 Å². The average Bonchev–Trinajstić information content (AvgIpc) is 3.25. The molecule has 0 radical (unpaired) electrons. The van der Waals surface area contributed by atoms with Crippen LogP contribution in [0.2, 0.25) is 0 Å². The Labute approximate surface area is 155 Å². The van der Waals surface area contributed by atoms with E-state index in [0.29, 0.717) is 10.9 Å². The van der Waals surface area contributed by atoms with E-state index in [-0.39, 0.29) is 18.5 Å². The molecule has 0 saturated carbocycles. The van der Waals surface area contributed by atoms with Crippen LogP contribution in [0.15, 0.2) is 52.6 Å². The summed E-state index contributed by atoms with van der Waals surface area (Å²) in [5.74, 6) is 0.155. The number of hydrogen-bond acceptors (Lipinski definition) is 5. The van der Waals surface area contributed by atoms with Crippen LogP contribution in [0.4, 0.5) is 0 Å². The molecule has 0 spiro atoms. The number of thiophene rings is 1. The second-order valence-electron chi connectivity index (χ2n) is 6.44. The SMILES string of the molecule is CC(C)CC(NC(=O)Cn1nnn(-c2cccs2)c1=O)c1ccccc1. The van der Waals surface area contributed by atoms with Crippen LogP contribution in [0, 0.1) is 5.92 Å². The molecular weight excluding hydrogens is 350 g/mol. The topological polar surface area (TPSA) is 81.8 Å². The third-order valence-electron chi connectivity index (χ3n) is 3.89. The number of benzene rings is 1. The van der Waals surface area contributed by atoms with E-state index in [0.717, 1.165) is 16.7 Å². The summed E-state index contributed by atoms with van der Waals surface area (Å²) in [4.78, 5) is 24.8. The minimum atomic E-state index is -0.428. The molecule has 1 amide bonds. The van der Waals surface area contributed by atoms with Gasteiger partial charge in [-0.2, -0.15) is 9.36 Å². The van der Waals surface area contributed by atoms with Crippen LogP contribution in [0.25, 0.3) is 5.00 Å². The van der Waals surface area contributed by atoms with Gasteiger partial charge in [-0.1, -0.05) is 44.2 Å². The Bertz CT molecular complexity index is 899. The normalized spacial score (nSPS) is 12.3. The van der Waals surface area contributed by atoms with E-state index in [1.807, 2.05) is 41.8 Å². The third kappa shape index (κ3) is 4.26. The van der Waals surface area contributed by atoms with Gasteiger partial charge in [-0.25, -0.2) is 4.79 Å². The summed E-state index contributed by atoms with van der Waals surface area (Å²) < 4.78 is 2.27. The Kier molecular flexibility index (Phi) is 5.62. The first-order chi connectivity index (χ1) is 12.5. The first kappa shape index (κ1) is 18.1. The summed E-state index contributed by atoms with van der Waals surface area (Å²) in [6.07, 6.45) is 0.812. The highest BCUT2D eigenvalue weighted by atomic mass is 32.1. The van der Waals surface area contributed by atoms with E-state index in [9.17, 15) is 9.59 Å². The molecule has 1 aromatic carbocycles. The molecule has 0 fully saturated rings. The van der Waals surface area contributed by atoms with Crippen molar-refractivity contribution >= 4 is 17.2 Å². The molecule has 136 valence electrons. The molecule has 26 heavy (non-hydrogen) atoms. The summed E-state index contributed by atoms with van der Waals surface area (Å²) in [5, 5.41) is 13.2. The fraction of sp³-hybridized carbons (Fsp3) is 0.333. The van der Waals surface area contributed by atoms with Gasteiger partial charge in [0.1, 0.15) is 11.5 Å². The fourth-order valence-corrected chi connectivity index (χ4v) is 3.38. The number of nitrogens with zero attached hydrogens (tertiary/aromatic N) is 4. The van der Waals surface area contributed by atoms with Crippen LogP contribution in [0.5, 0.6) is 0 Å². The monoisotopic (exact) mass is 371 g/mol. The molecule has 1 N–H and O–H groups in total. The first-order valence-corrected chi connectivity index (χ1v) is 9.33. The average molecular weight is 371 g/mol. The Morgan fingerprint density at radius 3 is 2.58 bits per heavy atom. The Hall–Kier alpha value is -2.74. The molecule has 0 saturated heterocycles. The van der Waals surface area contributed by atoms with Gasteiger partial charge >= 0.3 is 5.69 Å². The molecule has 2 heterocycles. The lowest BCUT2D eigenvalue weighted by atomic mass is 9.97. The van der Waals surface area contributed by atoms with Gasteiger partial charge in [0.05, 0.1) is 6.04 Å². The number of aromatic nitrogens is 4. The van der Waals surface area contributed by atoms with Crippen LogP contribution < -0.4 is 11.0 Å². The minimum absolute atomic E-state index is 0.105. The van der Waals surface area contributed by atoms with Gasteiger partial charge in [-0.15, -0.1) is 11.3 Å². The predicted molar refractivity (Wildman–Crippen MR) is 100 cm³/mol. The van der Waals surface area contributed by atoms with Crippen LogP contribution in [-0.2, 0) is 11.3 Å². The van der Waals surface area contributed by atoms with Crippen LogP contribution in [0.1, 0.15) is 31.9 Å². The van der Waals surface area contributed by atoms with E-state index in [1.165, 1.54) is 16.0 Å². The van der Waals surface area contributed by atoms with Gasteiger partial charge in [0.15, 0.2) is 0 Å². The van der Waals surface area contributed by atoms with Gasteiger partial charge in [0.25, 0.3) is 0 Å². The summed E-state index contributed by atoms with van der Waals surface area (Å²) in [6, 6.07) is 13.3. The Balaban J connectivity index is 1.72. The molecule has 0 aliphatic rings. The van der Waals surface area contributed by atoms with Gasteiger partial charge in [0, 0.05) is 0 Å². The smallest absolute Gasteiger partial charge is 0.348 e. The number of nitrogens with one attached hydrogen (secondary N) is 1. The van der Waals surface area contributed by atoms with E-state index in [2.05, 4.69) is 29.6 Å². The van der Waals surface area contributed by atoms with Crippen molar-refractivity contribution in [3.63, 3.8) is 0 Å². The van der Waals surface area contributed by atoms with E-state index < -0.39 is 5.69 Å². The van der Waals surface area contributed by atoms with E-state index >= 15 is 0 Å². The maximum Gasteiger partial charge on any atom is 0.369 e. The quantitative estimate of drug-likeness (QED) is 0.691. The maximum absolute atomic E-state index is 12.5. The maximum atomic E-state index is 12.5.